The summed E-state index contributed by atoms with van der Waals surface area (Å²) < 4.78 is 10.3. The second-order valence-corrected chi connectivity index (χ2v) is 5.74. The number of amides is 2. The van der Waals surface area contributed by atoms with Gasteiger partial charge in [0.05, 0.1) is 13.2 Å². The Hall–Kier alpha value is -1.72. The fourth-order valence-corrected chi connectivity index (χ4v) is 1.91. The van der Waals surface area contributed by atoms with E-state index in [0.717, 1.165) is 19.3 Å². The number of carbonyl (C=O) groups excluding carboxylic acids is 2. The molecular formula is C14H24N2O4. The first kappa shape index (κ1) is 16.3. The number of nitrogens with one attached hydrogen (secondary N) is 2. The number of methoxy groups -OCH3 is 1. The van der Waals surface area contributed by atoms with E-state index in [1.54, 1.807) is 7.11 Å². The quantitative estimate of drug-likeness (QED) is 0.728. The molecule has 1 rings (SSSR count). The Kier molecular flexibility index (Phi) is 5.85. The van der Waals surface area contributed by atoms with Crippen LogP contribution in [0.4, 0.5) is 4.79 Å². The third kappa shape index (κ3) is 5.95. The van der Waals surface area contributed by atoms with E-state index in [9.17, 15) is 9.59 Å². The highest BCUT2D eigenvalue weighted by molar-refractivity contribution is 5.91. The van der Waals surface area contributed by atoms with Gasteiger partial charge in [0.2, 0.25) is 5.91 Å². The molecule has 0 aromatic carbocycles. The molecule has 0 saturated carbocycles. The van der Waals surface area contributed by atoms with Crippen LogP contribution in [0.2, 0.25) is 0 Å². The summed E-state index contributed by atoms with van der Waals surface area (Å²) in [6.07, 6.45) is 3.57. The fourth-order valence-electron chi connectivity index (χ4n) is 1.91. The van der Waals surface area contributed by atoms with E-state index in [1.165, 1.54) is 6.08 Å². The maximum absolute atomic E-state index is 11.4. The van der Waals surface area contributed by atoms with E-state index in [-0.39, 0.29) is 11.9 Å². The van der Waals surface area contributed by atoms with E-state index in [2.05, 4.69) is 10.6 Å². The molecule has 0 unspecified atom stereocenters. The molecule has 1 aliphatic heterocycles. The average Bonchev–Trinajstić information content (AvgIpc) is 2.67. The Morgan fingerprint density at radius 1 is 1.40 bits per heavy atom. The number of alkyl carbamates (subject to hydrolysis) is 1. The molecule has 2 N–H and O–H groups in total. The summed E-state index contributed by atoms with van der Waals surface area (Å²) in [5.74, 6) is 0.564. The highest BCUT2D eigenvalue weighted by Crippen LogP contribution is 2.15. The first-order valence-corrected chi connectivity index (χ1v) is 6.85. The summed E-state index contributed by atoms with van der Waals surface area (Å²) in [5.41, 5.74) is -0.476. The number of hydrogen-bond acceptors (Lipinski definition) is 4. The fraction of sp³-hybridized carbons (Fsp3) is 0.714. The normalized spacial score (nSPS) is 18.3. The molecule has 0 saturated heterocycles. The Morgan fingerprint density at radius 2 is 2.10 bits per heavy atom. The lowest BCUT2D eigenvalue weighted by atomic mass is 10.1. The van der Waals surface area contributed by atoms with Gasteiger partial charge in [-0.25, -0.2) is 4.79 Å². The molecular weight excluding hydrogens is 260 g/mol. The van der Waals surface area contributed by atoms with Crippen LogP contribution in [0.15, 0.2) is 11.8 Å². The highest BCUT2D eigenvalue weighted by Gasteiger charge is 2.23. The van der Waals surface area contributed by atoms with Crippen molar-refractivity contribution >= 4 is 12.0 Å². The van der Waals surface area contributed by atoms with E-state index in [4.69, 9.17) is 9.47 Å². The van der Waals surface area contributed by atoms with Gasteiger partial charge in [-0.15, -0.1) is 0 Å². The van der Waals surface area contributed by atoms with Crippen LogP contribution in [0.5, 0.6) is 0 Å². The smallest absolute Gasteiger partial charge is 0.407 e. The van der Waals surface area contributed by atoms with Crippen molar-refractivity contribution in [3.05, 3.63) is 11.8 Å². The first-order chi connectivity index (χ1) is 9.31. The van der Waals surface area contributed by atoms with Crippen molar-refractivity contribution in [1.29, 1.82) is 0 Å². The van der Waals surface area contributed by atoms with Gasteiger partial charge in [0.1, 0.15) is 11.4 Å². The van der Waals surface area contributed by atoms with Gasteiger partial charge in [-0.3, -0.25) is 4.79 Å². The van der Waals surface area contributed by atoms with Gasteiger partial charge in [-0.05, 0) is 40.0 Å². The van der Waals surface area contributed by atoms with Gasteiger partial charge < -0.3 is 20.1 Å². The van der Waals surface area contributed by atoms with Crippen LogP contribution >= 0.6 is 0 Å². The summed E-state index contributed by atoms with van der Waals surface area (Å²) in [5, 5.41) is 5.52. The number of unbranched alkanes of at least 4 members (excludes halogenated alkanes) is 1. The van der Waals surface area contributed by atoms with Crippen LogP contribution in [0.1, 0.15) is 40.0 Å². The summed E-state index contributed by atoms with van der Waals surface area (Å²) in [4.78, 5) is 22.6. The number of ether oxygens (including phenoxy) is 2. The van der Waals surface area contributed by atoms with Gasteiger partial charge in [-0.2, -0.15) is 0 Å². The van der Waals surface area contributed by atoms with Gasteiger partial charge in [0.25, 0.3) is 0 Å². The Balaban J connectivity index is 2.13. The maximum Gasteiger partial charge on any atom is 0.407 e. The van der Waals surface area contributed by atoms with E-state index in [1.807, 2.05) is 20.8 Å². The molecule has 1 atom stereocenters. The van der Waals surface area contributed by atoms with Crippen molar-refractivity contribution in [2.75, 3.05) is 13.7 Å². The molecule has 0 radical (unpaired) electrons. The molecule has 20 heavy (non-hydrogen) atoms. The molecule has 0 bridgehead atoms. The SMILES string of the molecule is COC1=CC(=O)N[C@H]1CCCCNC(=O)OC(C)(C)C. The molecule has 6 heteroatoms. The summed E-state index contributed by atoms with van der Waals surface area (Å²) >= 11 is 0. The zero-order chi connectivity index (χ0) is 15.2. The lowest BCUT2D eigenvalue weighted by molar-refractivity contribution is -0.116. The van der Waals surface area contributed by atoms with E-state index < -0.39 is 11.7 Å². The molecule has 2 amide bonds. The van der Waals surface area contributed by atoms with Crippen LogP contribution in [0.3, 0.4) is 0 Å². The molecule has 1 aliphatic rings. The Bertz CT molecular complexity index is 385. The van der Waals surface area contributed by atoms with Crippen molar-refractivity contribution < 1.29 is 19.1 Å². The van der Waals surface area contributed by atoms with E-state index >= 15 is 0 Å². The van der Waals surface area contributed by atoms with Crippen molar-refractivity contribution in [2.24, 2.45) is 0 Å². The van der Waals surface area contributed by atoms with Crippen molar-refractivity contribution in [3.63, 3.8) is 0 Å². The molecule has 0 aromatic rings. The third-order valence-corrected chi connectivity index (χ3v) is 2.76. The maximum atomic E-state index is 11.4. The second kappa shape index (κ2) is 7.17. The molecule has 6 nitrogen and oxygen atoms in total. The van der Waals surface area contributed by atoms with Crippen molar-refractivity contribution in [2.45, 2.75) is 51.7 Å². The standard InChI is InChI=1S/C14H24N2O4/c1-14(2,3)20-13(18)15-8-6-5-7-10-11(19-4)9-12(17)16-10/h9-10H,5-8H2,1-4H3,(H,15,18)(H,16,17)/t10-/m0/s1. The van der Waals surface area contributed by atoms with Crippen LogP contribution < -0.4 is 10.6 Å². The Morgan fingerprint density at radius 3 is 2.70 bits per heavy atom. The molecule has 1 heterocycles. The monoisotopic (exact) mass is 284 g/mol. The van der Waals surface area contributed by atoms with Crippen LogP contribution in [0.25, 0.3) is 0 Å². The van der Waals surface area contributed by atoms with E-state index in [0.29, 0.717) is 12.3 Å². The average molecular weight is 284 g/mol. The van der Waals surface area contributed by atoms with Crippen LogP contribution in [-0.4, -0.2) is 37.3 Å². The largest absolute Gasteiger partial charge is 0.499 e. The highest BCUT2D eigenvalue weighted by atomic mass is 16.6. The minimum absolute atomic E-state index is 0.0472. The van der Waals surface area contributed by atoms with Gasteiger partial charge in [-0.1, -0.05) is 0 Å². The molecule has 0 fully saturated rings. The van der Waals surface area contributed by atoms with Crippen molar-refractivity contribution in [1.82, 2.24) is 10.6 Å². The third-order valence-electron chi connectivity index (χ3n) is 2.76. The number of rotatable bonds is 6. The summed E-state index contributed by atoms with van der Waals surface area (Å²) in [7, 11) is 1.56. The topological polar surface area (TPSA) is 76.7 Å². The second-order valence-electron chi connectivity index (χ2n) is 5.74. The van der Waals surface area contributed by atoms with Crippen LogP contribution in [0, 0.1) is 0 Å². The number of hydrogen-bond donors (Lipinski definition) is 2. The summed E-state index contributed by atoms with van der Waals surface area (Å²) in [6, 6.07) is -0.0472. The zero-order valence-corrected chi connectivity index (χ0v) is 12.6. The molecule has 114 valence electrons. The Labute approximate surface area is 119 Å². The lowest BCUT2D eigenvalue weighted by Crippen LogP contribution is -2.33. The van der Waals surface area contributed by atoms with Crippen LogP contribution in [-0.2, 0) is 14.3 Å². The molecule has 0 spiro atoms. The zero-order valence-electron chi connectivity index (χ0n) is 12.6. The minimum Gasteiger partial charge on any atom is -0.499 e. The van der Waals surface area contributed by atoms with Gasteiger partial charge in [0, 0.05) is 12.6 Å². The van der Waals surface area contributed by atoms with Gasteiger partial charge >= 0.3 is 6.09 Å². The molecule has 0 aliphatic carbocycles. The molecule has 0 aromatic heterocycles. The number of carbonyl (C=O) groups is 2. The summed E-state index contributed by atoms with van der Waals surface area (Å²) in [6.45, 7) is 6.04. The predicted octanol–water partition coefficient (Wildman–Crippen LogP) is 1.71. The minimum atomic E-state index is -0.476. The first-order valence-electron chi connectivity index (χ1n) is 6.85. The van der Waals surface area contributed by atoms with Crippen molar-refractivity contribution in [3.8, 4) is 0 Å². The van der Waals surface area contributed by atoms with Gasteiger partial charge in [0.15, 0.2) is 0 Å². The predicted molar refractivity (Wildman–Crippen MR) is 75.1 cm³/mol. The lowest BCUT2D eigenvalue weighted by Gasteiger charge is -2.19.